The zero-order valence-corrected chi connectivity index (χ0v) is 11.9. The Balaban J connectivity index is 1.96. The number of hydrogen-bond acceptors (Lipinski definition) is 2. The normalized spacial score (nSPS) is 17.3. The summed E-state index contributed by atoms with van der Waals surface area (Å²) >= 11 is 0. The SMILES string of the molecule is CCC1(CNCc2cc(C(=O)O)ccc2F)CCCC1. The molecule has 0 spiro atoms. The third kappa shape index (κ3) is 3.37. The molecule has 1 aliphatic rings. The fourth-order valence-electron chi connectivity index (χ4n) is 3.09. The van der Waals surface area contributed by atoms with Gasteiger partial charge in [-0.2, -0.15) is 0 Å². The average Bonchev–Trinajstić information content (AvgIpc) is 2.90. The van der Waals surface area contributed by atoms with Crippen molar-refractivity contribution in [3.8, 4) is 0 Å². The molecule has 110 valence electrons. The predicted octanol–water partition coefficient (Wildman–Crippen LogP) is 3.58. The van der Waals surface area contributed by atoms with Gasteiger partial charge in [0.2, 0.25) is 0 Å². The van der Waals surface area contributed by atoms with Crippen molar-refractivity contribution in [3.05, 3.63) is 35.1 Å². The van der Waals surface area contributed by atoms with Gasteiger partial charge >= 0.3 is 5.97 Å². The van der Waals surface area contributed by atoms with Crippen LogP contribution in [0.1, 0.15) is 54.9 Å². The molecule has 0 aliphatic heterocycles. The number of aromatic carboxylic acids is 1. The molecular formula is C16H22FNO2. The molecule has 0 amide bonds. The molecule has 1 aliphatic carbocycles. The number of nitrogens with one attached hydrogen (secondary N) is 1. The van der Waals surface area contributed by atoms with Gasteiger partial charge in [0, 0.05) is 18.7 Å². The molecule has 0 atom stereocenters. The Morgan fingerprint density at radius 1 is 1.40 bits per heavy atom. The van der Waals surface area contributed by atoms with Crippen LogP contribution in [0.25, 0.3) is 0 Å². The number of carboxylic acid groups (broad SMARTS) is 1. The summed E-state index contributed by atoms with van der Waals surface area (Å²) in [5.41, 5.74) is 0.907. The molecule has 0 bridgehead atoms. The summed E-state index contributed by atoms with van der Waals surface area (Å²) in [6.07, 6.45) is 6.15. The van der Waals surface area contributed by atoms with Crippen LogP contribution in [0.15, 0.2) is 18.2 Å². The van der Waals surface area contributed by atoms with Gasteiger partial charge in [-0.1, -0.05) is 19.8 Å². The monoisotopic (exact) mass is 279 g/mol. The van der Waals surface area contributed by atoms with E-state index in [2.05, 4.69) is 12.2 Å². The third-order valence-electron chi connectivity index (χ3n) is 4.52. The molecular weight excluding hydrogens is 257 g/mol. The van der Waals surface area contributed by atoms with Crippen LogP contribution in [0.3, 0.4) is 0 Å². The van der Waals surface area contributed by atoms with Crippen molar-refractivity contribution in [2.45, 2.75) is 45.6 Å². The fourth-order valence-corrected chi connectivity index (χ4v) is 3.09. The van der Waals surface area contributed by atoms with E-state index >= 15 is 0 Å². The molecule has 0 aromatic heterocycles. The lowest BCUT2D eigenvalue weighted by Gasteiger charge is -2.27. The highest BCUT2D eigenvalue weighted by Gasteiger charge is 2.31. The minimum Gasteiger partial charge on any atom is -0.478 e. The first-order valence-corrected chi connectivity index (χ1v) is 7.29. The van der Waals surface area contributed by atoms with E-state index in [-0.39, 0.29) is 11.4 Å². The first-order valence-electron chi connectivity index (χ1n) is 7.29. The van der Waals surface area contributed by atoms with Crippen LogP contribution in [0.2, 0.25) is 0 Å². The van der Waals surface area contributed by atoms with Gasteiger partial charge in [0.25, 0.3) is 0 Å². The Bertz CT molecular complexity index is 481. The highest BCUT2D eigenvalue weighted by atomic mass is 19.1. The molecule has 2 rings (SSSR count). The molecule has 4 heteroatoms. The highest BCUT2D eigenvalue weighted by Crippen LogP contribution is 2.40. The third-order valence-corrected chi connectivity index (χ3v) is 4.52. The van der Waals surface area contributed by atoms with Crippen molar-refractivity contribution in [1.29, 1.82) is 0 Å². The van der Waals surface area contributed by atoms with E-state index in [0.717, 1.165) is 13.0 Å². The Labute approximate surface area is 119 Å². The summed E-state index contributed by atoms with van der Waals surface area (Å²) in [6.45, 7) is 3.47. The number of rotatable bonds is 6. The van der Waals surface area contributed by atoms with E-state index in [1.54, 1.807) is 0 Å². The Kier molecular flexibility index (Phi) is 4.76. The van der Waals surface area contributed by atoms with Crippen LogP contribution < -0.4 is 5.32 Å². The summed E-state index contributed by atoms with van der Waals surface area (Å²) in [6, 6.07) is 3.94. The number of carbonyl (C=O) groups is 1. The fraction of sp³-hybridized carbons (Fsp3) is 0.562. The van der Waals surface area contributed by atoms with Crippen molar-refractivity contribution in [3.63, 3.8) is 0 Å². The second-order valence-corrected chi connectivity index (χ2v) is 5.78. The van der Waals surface area contributed by atoms with Crippen molar-refractivity contribution in [2.24, 2.45) is 5.41 Å². The smallest absolute Gasteiger partial charge is 0.335 e. The summed E-state index contributed by atoms with van der Waals surface area (Å²) in [4.78, 5) is 10.9. The molecule has 0 unspecified atom stereocenters. The molecule has 1 fully saturated rings. The van der Waals surface area contributed by atoms with Gasteiger partial charge in [0.15, 0.2) is 0 Å². The van der Waals surface area contributed by atoms with Gasteiger partial charge in [-0.3, -0.25) is 0 Å². The molecule has 3 nitrogen and oxygen atoms in total. The van der Waals surface area contributed by atoms with Crippen LogP contribution in [0.5, 0.6) is 0 Å². The maximum Gasteiger partial charge on any atom is 0.335 e. The first kappa shape index (κ1) is 15.0. The van der Waals surface area contributed by atoms with Crippen molar-refractivity contribution in [2.75, 3.05) is 6.54 Å². The van der Waals surface area contributed by atoms with E-state index < -0.39 is 5.97 Å². The summed E-state index contributed by atoms with van der Waals surface area (Å²) in [7, 11) is 0. The van der Waals surface area contributed by atoms with Crippen molar-refractivity contribution >= 4 is 5.97 Å². The lowest BCUT2D eigenvalue weighted by atomic mass is 9.83. The standard InChI is InChI=1S/C16H22FNO2/c1-2-16(7-3-4-8-16)11-18-10-13-9-12(15(19)20)5-6-14(13)17/h5-6,9,18H,2-4,7-8,10-11H2,1H3,(H,19,20). The molecule has 0 heterocycles. The van der Waals surface area contributed by atoms with Gasteiger partial charge in [0.05, 0.1) is 5.56 Å². The Hall–Kier alpha value is -1.42. The summed E-state index contributed by atoms with van der Waals surface area (Å²) in [5, 5.41) is 12.2. The molecule has 2 N–H and O–H groups in total. The quantitative estimate of drug-likeness (QED) is 0.836. The lowest BCUT2D eigenvalue weighted by Crippen LogP contribution is -2.31. The maximum absolute atomic E-state index is 13.7. The molecule has 1 aromatic carbocycles. The van der Waals surface area contributed by atoms with Crippen LogP contribution in [0.4, 0.5) is 4.39 Å². The molecule has 1 aromatic rings. The van der Waals surface area contributed by atoms with Crippen molar-refractivity contribution < 1.29 is 14.3 Å². The second-order valence-electron chi connectivity index (χ2n) is 5.78. The van der Waals surface area contributed by atoms with Gasteiger partial charge in [-0.05, 0) is 42.9 Å². The van der Waals surface area contributed by atoms with Gasteiger partial charge < -0.3 is 10.4 Å². The number of hydrogen-bond donors (Lipinski definition) is 2. The Morgan fingerprint density at radius 2 is 2.10 bits per heavy atom. The van der Waals surface area contributed by atoms with Crippen LogP contribution in [-0.4, -0.2) is 17.6 Å². The number of carboxylic acids is 1. The van der Waals surface area contributed by atoms with Crippen LogP contribution in [-0.2, 0) is 6.54 Å². The first-order chi connectivity index (χ1) is 9.56. The zero-order chi connectivity index (χ0) is 14.6. The van der Waals surface area contributed by atoms with E-state index in [1.807, 2.05) is 0 Å². The van der Waals surface area contributed by atoms with Crippen LogP contribution in [0, 0.1) is 11.2 Å². The zero-order valence-electron chi connectivity index (χ0n) is 11.9. The minimum absolute atomic E-state index is 0.134. The largest absolute Gasteiger partial charge is 0.478 e. The van der Waals surface area contributed by atoms with E-state index in [4.69, 9.17) is 5.11 Å². The van der Waals surface area contributed by atoms with E-state index in [1.165, 1.54) is 43.9 Å². The molecule has 0 radical (unpaired) electrons. The van der Waals surface area contributed by atoms with E-state index in [0.29, 0.717) is 17.5 Å². The topological polar surface area (TPSA) is 49.3 Å². The van der Waals surface area contributed by atoms with Gasteiger partial charge in [-0.15, -0.1) is 0 Å². The van der Waals surface area contributed by atoms with Gasteiger partial charge in [0.1, 0.15) is 5.82 Å². The second kappa shape index (κ2) is 6.35. The van der Waals surface area contributed by atoms with Gasteiger partial charge in [-0.25, -0.2) is 9.18 Å². The highest BCUT2D eigenvalue weighted by molar-refractivity contribution is 5.87. The minimum atomic E-state index is -1.02. The maximum atomic E-state index is 13.7. The predicted molar refractivity (Wildman–Crippen MR) is 76.3 cm³/mol. The Morgan fingerprint density at radius 3 is 2.70 bits per heavy atom. The molecule has 20 heavy (non-hydrogen) atoms. The summed E-state index contributed by atoms with van der Waals surface area (Å²) in [5.74, 6) is -1.37. The average molecular weight is 279 g/mol. The van der Waals surface area contributed by atoms with Crippen molar-refractivity contribution in [1.82, 2.24) is 5.32 Å². The van der Waals surface area contributed by atoms with Crippen LogP contribution >= 0.6 is 0 Å². The number of halogens is 1. The summed E-state index contributed by atoms with van der Waals surface area (Å²) < 4.78 is 13.7. The lowest BCUT2D eigenvalue weighted by molar-refractivity contribution is 0.0696. The van der Waals surface area contributed by atoms with E-state index in [9.17, 15) is 9.18 Å². The molecule has 1 saturated carbocycles. The number of benzene rings is 1. The molecule has 0 saturated heterocycles.